The van der Waals surface area contributed by atoms with Gasteiger partial charge in [0.25, 0.3) is 0 Å². The summed E-state index contributed by atoms with van der Waals surface area (Å²) in [5.74, 6) is -1.63. The van der Waals surface area contributed by atoms with Crippen LogP contribution in [0.4, 0.5) is 0 Å². The van der Waals surface area contributed by atoms with Gasteiger partial charge in [-0.15, -0.1) is 0 Å². The number of ether oxygens (including phenoxy) is 1. The largest absolute Gasteiger partial charge is 0.507 e. The molecule has 0 amide bonds. The van der Waals surface area contributed by atoms with Crippen molar-refractivity contribution in [2.45, 2.75) is 46.1 Å². The van der Waals surface area contributed by atoms with Crippen molar-refractivity contribution in [1.82, 2.24) is 0 Å². The second kappa shape index (κ2) is 7.26. The first-order valence-corrected chi connectivity index (χ1v) is 8.24. The number of Topliss-reactive ketones (excluding diaryl/α,β-unsaturated/α-hetero) is 1. The van der Waals surface area contributed by atoms with Crippen LogP contribution in [-0.4, -0.2) is 28.1 Å². The van der Waals surface area contributed by atoms with Crippen LogP contribution in [0.3, 0.4) is 0 Å². The van der Waals surface area contributed by atoms with E-state index in [1.165, 1.54) is 0 Å². The summed E-state index contributed by atoms with van der Waals surface area (Å²) in [5, 5.41) is 19.8. The summed E-state index contributed by atoms with van der Waals surface area (Å²) < 4.78 is 5.40. The Bertz CT molecular complexity index is 708. The first-order chi connectivity index (χ1) is 11.2. The van der Waals surface area contributed by atoms with E-state index in [9.17, 15) is 19.8 Å². The molecule has 6 heteroatoms. The molecule has 1 aliphatic heterocycles. The number of hydrogen-bond donors (Lipinski definition) is 2. The molecule has 2 rings (SSSR count). The molecular weight excluding hydrogens is 332 g/mol. The summed E-state index contributed by atoms with van der Waals surface area (Å²) >= 11 is 6.08. The molecule has 1 aromatic carbocycles. The van der Waals surface area contributed by atoms with E-state index < -0.39 is 17.5 Å². The average molecular weight is 353 g/mol. The fraction of sp³-hybridized carbons (Fsp3) is 0.444. The number of fused-ring (bicyclic) bond motifs is 1. The number of esters is 1. The maximum Gasteiger partial charge on any atom is 0.310 e. The van der Waals surface area contributed by atoms with E-state index >= 15 is 0 Å². The van der Waals surface area contributed by atoms with Crippen LogP contribution in [0.1, 0.15) is 49.5 Å². The van der Waals surface area contributed by atoms with Gasteiger partial charge in [0.05, 0.1) is 17.0 Å². The highest BCUT2D eigenvalue weighted by atomic mass is 35.5. The molecule has 2 unspecified atom stereocenters. The SMILES string of the molecule is CC1=CCCC(C)C(C)OC(=O)Cc2c(Cl)c(O)cc(O)c2C1=O. The Hall–Kier alpha value is -2.01. The summed E-state index contributed by atoms with van der Waals surface area (Å²) in [5.41, 5.74) is 0.476. The number of phenolic OH excluding ortho intramolecular Hbond substituents is 2. The molecule has 0 bridgehead atoms. The van der Waals surface area contributed by atoms with E-state index in [0.29, 0.717) is 12.0 Å². The smallest absolute Gasteiger partial charge is 0.310 e. The lowest BCUT2D eigenvalue weighted by atomic mass is 9.93. The van der Waals surface area contributed by atoms with Crippen LogP contribution in [0.5, 0.6) is 11.5 Å². The normalized spacial score (nSPS) is 22.8. The summed E-state index contributed by atoms with van der Waals surface area (Å²) in [6.45, 7) is 5.45. The number of benzene rings is 1. The zero-order valence-corrected chi connectivity index (χ0v) is 14.7. The third kappa shape index (κ3) is 3.73. The molecule has 0 fully saturated rings. The topological polar surface area (TPSA) is 83.8 Å². The molecule has 5 nitrogen and oxygen atoms in total. The van der Waals surface area contributed by atoms with Gasteiger partial charge >= 0.3 is 5.97 Å². The molecule has 0 saturated carbocycles. The van der Waals surface area contributed by atoms with Crippen LogP contribution in [-0.2, 0) is 16.0 Å². The van der Waals surface area contributed by atoms with Crippen molar-refractivity contribution in [3.05, 3.63) is 33.9 Å². The maximum atomic E-state index is 12.7. The molecular formula is C18H21ClO5. The van der Waals surface area contributed by atoms with Gasteiger partial charge in [-0.3, -0.25) is 9.59 Å². The van der Waals surface area contributed by atoms with Gasteiger partial charge in [0.1, 0.15) is 17.6 Å². The lowest BCUT2D eigenvalue weighted by Gasteiger charge is -2.22. The minimum absolute atomic E-state index is 0.0650. The quantitative estimate of drug-likeness (QED) is 0.694. The van der Waals surface area contributed by atoms with Crippen molar-refractivity contribution in [3.8, 4) is 11.5 Å². The van der Waals surface area contributed by atoms with Crippen molar-refractivity contribution >= 4 is 23.4 Å². The van der Waals surface area contributed by atoms with Crippen LogP contribution in [0.25, 0.3) is 0 Å². The highest BCUT2D eigenvalue weighted by molar-refractivity contribution is 6.34. The first-order valence-electron chi connectivity index (χ1n) is 7.86. The van der Waals surface area contributed by atoms with Gasteiger partial charge in [-0.25, -0.2) is 0 Å². The van der Waals surface area contributed by atoms with E-state index in [1.54, 1.807) is 13.0 Å². The molecule has 1 aliphatic rings. The number of carbonyl (C=O) groups excluding carboxylic acids is 2. The standard InChI is InChI=1S/C18H21ClO5/c1-9-5-4-6-10(2)18(23)16-12(7-15(22)24-11(9)3)17(19)14(21)8-13(16)20/h6,8-9,11,20-21H,4-5,7H2,1-3H3. The van der Waals surface area contributed by atoms with Crippen LogP contribution in [0, 0.1) is 5.92 Å². The van der Waals surface area contributed by atoms with Crippen LogP contribution in [0.15, 0.2) is 17.7 Å². The zero-order chi connectivity index (χ0) is 18.0. The van der Waals surface area contributed by atoms with Gasteiger partial charge in [-0.1, -0.05) is 24.6 Å². The highest BCUT2D eigenvalue weighted by Gasteiger charge is 2.27. The van der Waals surface area contributed by atoms with Crippen molar-refractivity contribution < 1.29 is 24.5 Å². The Morgan fingerprint density at radius 2 is 1.88 bits per heavy atom. The van der Waals surface area contributed by atoms with Crippen LogP contribution < -0.4 is 0 Å². The highest BCUT2D eigenvalue weighted by Crippen LogP contribution is 2.38. The van der Waals surface area contributed by atoms with E-state index in [2.05, 4.69) is 0 Å². The molecule has 1 heterocycles. The summed E-state index contributed by atoms with van der Waals surface area (Å²) in [7, 11) is 0. The van der Waals surface area contributed by atoms with E-state index in [1.807, 2.05) is 13.8 Å². The van der Waals surface area contributed by atoms with Gasteiger partial charge in [-0.2, -0.15) is 0 Å². The van der Waals surface area contributed by atoms with Crippen molar-refractivity contribution in [2.24, 2.45) is 5.92 Å². The number of hydrogen-bond acceptors (Lipinski definition) is 5. The summed E-state index contributed by atoms with van der Waals surface area (Å²) in [6, 6.07) is 1.01. The Labute approximate surface area is 145 Å². The lowest BCUT2D eigenvalue weighted by molar-refractivity contribution is -0.149. The molecule has 0 saturated heterocycles. The van der Waals surface area contributed by atoms with Crippen molar-refractivity contribution in [3.63, 3.8) is 0 Å². The molecule has 0 spiro atoms. The monoisotopic (exact) mass is 352 g/mol. The number of cyclic esters (lactones) is 1. The Morgan fingerprint density at radius 3 is 2.54 bits per heavy atom. The van der Waals surface area contributed by atoms with E-state index in [-0.39, 0.29) is 40.3 Å². The Balaban J connectivity index is 2.59. The van der Waals surface area contributed by atoms with Gasteiger partial charge in [0, 0.05) is 11.6 Å². The molecule has 130 valence electrons. The lowest BCUT2D eigenvalue weighted by Crippen LogP contribution is -2.24. The predicted octanol–water partition coefficient (Wildman–Crippen LogP) is 3.78. The molecule has 0 aliphatic carbocycles. The number of carbonyl (C=O) groups is 2. The van der Waals surface area contributed by atoms with E-state index in [4.69, 9.17) is 16.3 Å². The van der Waals surface area contributed by atoms with E-state index in [0.717, 1.165) is 12.5 Å². The molecule has 24 heavy (non-hydrogen) atoms. The third-order valence-corrected chi connectivity index (χ3v) is 4.84. The fourth-order valence-corrected chi connectivity index (χ4v) is 2.92. The summed E-state index contributed by atoms with van der Waals surface area (Å²) in [6.07, 6.45) is 2.65. The second-order valence-electron chi connectivity index (χ2n) is 6.23. The van der Waals surface area contributed by atoms with Crippen molar-refractivity contribution in [1.29, 1.82) is 0 Å². The van der Waals surface area contributed by atoms with Gasteiger partial charge < -0.3 is 14.9 Å². The minimum Gasteiger partial charge on any atom is -0.507 e. The molecule has 0 aromatic heterocycles. The maximum absolute atomic E-state index is 12.7. The first kappa shape index (κ1) is 18.3. The number of aromatic hydroxyl groups is 2. The van der Waals surface area contributed by atoms with Crippen LogP contribution in [0.2, 0.25) is 5.02 Å². The fourth-order valence-electron chi connectivity index (χ4n) is 2.70. The number of rotatable bonds is 0. The van der Waals surface area contributed by atoms with Crippen LogP contribution >= 0.6 is 11.6 Å². The molecule has 0 radical (unpaired) electrons. The Kier molecular flexibility index (Phi) is 5.54. The molecule has 1 aromatic rings. The number of halogens is 1. The molecule has 2 atom stereocenters. The van der Waals surface area contributed by atoms with Gasteiger partial charge in [-0.05, 0) is 38.2 Å². The minimum atomic E-state index is -0.558. The third-order valence-electron chi connectivity index (χ3n) is 4.42. The summed E-state index contributed by atoms with van der Waals surface area (Å²) in [4.78, 5) is 24.9. The number of allylic oxidation sites excluding steroid dienone is 2. The number of ketones is 1. The van der Waals surface area contributed by atoms with Crippen molar-refractivity contribution in [2.75, 3.05) is 0 Å². The van der Waals surface area contributed by atoms with Gasteiger partial charge in [0.15, 0.2) is 5.78 Å². The Morgan fingerprint density at radius 1 is 1.21 bits per heavy atom. The number of phenols is 2. The zero-order valence-electron chi connectivity index (χ0n) is 13.9. The average Bonchev–Trinajstić information content (AvgIpc) is 2.50. The molecule has 2 N–H and O–H groups in total. The van der Waals surface area contributed by atoms with Gasteiger partial charge in [0.2, 0.25) is 0 Å². The second-order valence-corrected chi connectivity index (χ2v) is 6.60. The predicted molar refractivity (Wildman–Crippen MR) is 90.5 cm³/mol.